The number of hydrogen-bond donors (Lipinski definition) is 1. The van der Waals surface area contributed by atoms with E-state index < -0.39 is 5.60 Å². The van der Waals surface area contributed by atoms with Crippen molar-refractivity contribution in [1.82, 2.24) is 19.6 Å². The van der Waals surface area contributed by atoms with E-state index in [0.29, 0.717) is 31.7 Å². The lowest BCUT2D eigenvalue weighted by molar-refractivity contribution is 0.00426. The van der Waals surface area contributed by atoms with Gasteiger partial charge in [-0.1, -0.05) is 91.0 Å². The second-order valence-corrected chi connectivity index (χ2v) is 11.5. The number of carbonyl (C=O) groups is 2. The average Bonchev–Trinajstić information content (AvgIpc) is 3.37. The van der Waals surface area contributed by atoms with E-state index in [1.165, 1.54) is 0 Å². The molecule has 0 spiro atoms. The number of benzene rings is 3. The van der Waals surface area contributed by atoms with Crippen molar-refractivity contribution >= 4 is 12.0 Å². The van der Waals surface area contributed by atoms with Crippen LogP contribution in [-0.2, 0) is 17.7 Å². The van der Waals surface area contributed by atoms with E-state index in [-0.39, 0.29) is 31.2 Å². The molecule has 8 heteroatoms. The molecule has 0 aliphatic carbocycles. The van der Waals surface area contributed by atoms with Crippen LogP contribution in [-0.4, -0.2) is 74.6 Å². The summed E-state index contributed by atoms with van der Waals surface area (Å²) in [6, 6.07) is 29.3. The molecule has 2 heterocycles. The molecular weight excluding hydrogens is 528 g/mol. The zero-order valence-electron chi connectivity index (χ0n) is 24.4. The number of aliphatic hydroxyl groups excluding tert-OH is 1. The summed E-state index contributed by atoms with van der Waals surface area (Å²) < 4.78 is 7.40. The Balaban J connectivity index is 1.57. The Morgan fingerprint density at radius 1 is 0.881 bits per heavy atom. The van der Waals surface area contributed by atoms with Gasteiger partial charge in [0, 0.05) is 30.8 Å². The number of ether oxygens (including phenoxy) is 1. The minimum atomic E-state index is -0.614. The molecule has 218 valence electrons. The predicted molar refractivity (Wildman–Crippen MR) is 163 cm³/mol. The summed E-state index contributed by atoms with van der Waals surface area (Å²) in [5.41, 5.74) is 4.08. The van der Waals surface area contributed by atoms with Crippen molar-refractivity contribution in [1.29, 1.82) is 0 Å². The minimum absolute atomic E-state index is 0.116. The molecule has 0 unspecified atom stereocenters. The topological polar surface area (TPSA) is 87.9 Å². The van der Waals surface area contributed by atoms with Crippen molar-refractivity contribution in [2.45, 2.75) is 45.4 Å². The number of nitrogens with zero attached hydrogens (tertiary/aromatic N) is 4. The van der Waals surface area contributed by atoms with Crippen LogP contribution >= 0.6 is 0 Å². The quantitative estimate of drug-likeness (QED) is 0.319. The van der Waals surface area contributed by atoms with Gasteiger partial charge < -0.3 is 19.6 Å². The maximum absolute atomic E-state index is 14.6. The first kappa shape index (κ1) is 29.1. The number of rotatable bonds is 7. The molecule has 1 fully saturated rings. The Kier molecular flexibility index (Phi) is 8.73. The van der Waals surface area contributed by atoms with Gasteiger partial charge in [0.1, 0.15) is 5.60 Å². The molecule has 1 saturated heterocycles. The van der Waals surface area contributed by atoms with Crippen LogP contribution in [0.2, 0.25) is 0 Å². The maximum atomic E-state index is 14.6. The van der Waals surface area contributed by atoms with E-state index in [4.69, 9.17) is 9.84 Å². The van der Waals surface area contributed by atoms with Crippen LogP contribution in [0.5, 0.6) is 0 Å². The smallest absolute Gasteiger partial charge is 0.410 e. The summed E-state index contributed by atoms with van der Waals surface area (Å²) in [5, 5.41) is 14.7. The summed E-state index contributed by atoms with van der Waals surface area (Å²) >= 11 is 0. The Labute approximate surface area is 247 Å². The van der Waals surface area contributed by atoms with Crippen molar-refractivity contribution in [2.75, 3.05) is 26.2 Å². The molecule has 42 heavy (non-hydrogen) atoms. The van der Waals surface area contributed by atoms with Gasteiger partial charge >= 0.3 is 6.09 Å². The van der Waals surface area contributed by atoms with Crippen LogP contribution in [0.3, 0.4) is 0 Å². The normalized spacial score (nSPS) is 15.5. The molecule has 0 radical (unpaired) electrons. The van der Waals surface area contributed by atoms with E-state index >= 15 is 0 Å². The van der Waals surface area contributed by atoms with Crippen molar-refractivity contribution in [2.24, 2.45) is 0 Å². The number of piperazine rings is 1. The molecule has 1 aliphatic heterocycles. The van der Waals surface area contributed by atoms with E-state index in [0.717, 1.165) is 27.9 Å². The molecule has 1 N–H and O–H groups in total. The third-order valence-electron chi connectivity index (χ3n) is 7.29. The monoisotopic (exact) mass is 566 g/mol. The molecule has 1 aliphatic rings. The number of carbonyl (C=O) groups excluding carboxylic acids is 2. The van der Waals surface area contributed by atoms with Gasteiger partial charge in [0.15, 0.2) is 5.69 Å². The first-order valence-electron chi connectivity index (χ1n) is 14.4. The third kappa shape index (κ3) is 6.55. The Morgan fingerprint density at radius 2 is 1.48 bits per heavy atom. The highest BCUT2D eigenvalue weighted by molar-refractivity contribution is 6.03. The van der Waals surface area contributed by atoms with Crippen LogP contribution in [0.1, 0.15) is 36.8 Å². The highest BCUT2D eigenvalue weighted by atomic mass is 16.6. The van der Waals surface area contributed by atoms with Gasteiger partial charge in [0.25, 0.3) is 5.91 Å². The fraction of sp³-hybridized carbons (Fsp3) is 0.324. The Bertz CT molecular complexity index is 1500. The zero-order chi connectivity index (χ0) is 29.7. The zero-order valence-corrected chi connectivity index (χ0v) is 24.4. The van der Waals surface area contributed by atoms with Crippen molar-refractivity contribution < 1.29 is 19.4 Å². The summed E-state index contributed by atoms with van der Waals surface area (Å²) in [7, 11) is 0. The molecule has 4 aromatic rings. The van der Waals surface area contributed by atoms with Crippen molar-refractivity contribution in [3.63, 3.8) is 0 Å². The Hall–Kier alpha value is -4.43. The molecule has 0 bridgehead atoms. The van der Waals surface area contributed by atoms with Gasteiger partial charge in [-0.15, -0.1) is 0 Å². The molecule has 5 rings (SSSR count). The number of aliphatic hydroxyl groups is 1. The minimum Gasteiger partial charge on any atom is -0.444 e. The van der Waals surface area contributed by atoms with E-state index in [1.807, 2.05) is 117 Å². The van der Waals surface area contributed by atoms with Crippen molar-refractivity contribution in [3.05, 3.63) is 102 Å². The third-order valence-corrected chi connectivity index (χ3v) is 7.29. The molecule has 8 nitrogen and oxygen atoms in total. The first-order chi connectivity index (χ1) is 20.2. The lowest BCUT2D eigenvalue weighted by Crippen LogP contribution is -2.58. The van der Waals surface area contributed by atoms with Gasteiger partial charge in [-0.05, 0) is 38.3 Å². The summed E-state index contributed by atoms with van der Waals surface area (Å²) in [6.45, 7) is 6.73. The van der Waals surface area contributed by atoms with Crippen LogP contribution in [0.25, 0.3) is 22.4 Å². The average molecular weight is 567 g/mol. The second kappa shape index (κ2) is 12.6. The van der Waals surface area contributed by atoms with Crippen LogP contribution < -0.4 is 0 Å². The lowest BCUT2D eigenvalue weighted by atomic mass is 9.97. The predicted octanol–water partition coefficient (Wildman–Crippen LogP) is 5.51. The van der Waals surface area contributed by atoms with E-state index in [1.54, 1.807) is 9.58 Å². The van der Waals surface area contributed by atoms with Gasteiger partial charge in [-0.3, -0.25) is 9.48 Å². The van der Waals surface area contributed by atoms with Gasteiger partial charge in [-0.25, -0.2) is 4.79 Å². The fourth-order valence-electron chi connectivity index (χ4n) is 5.45. The van der Waals surface area contributed by atoms with Crippen LogP contribution in [0.4, 0.5) is 4.79 Å². The first-order valence-corrected chi connectivity index (χ1v) is 14.4. The largest absolute Gasteiger partial charge is 0.444 e. The van der Waals surface area contributed by atoms with Crippen molar-refractivity contribution in [3.8, 4) is 22.4 Å². The SMILES string of the molecule is CC(C)(C)OC(=O)N1CCN(C(=O)c2nn(CCO)c(-c3ccccc3)c2-c2ccccc2)[C@H](Cc2ccccc2)C1. The van der Waals surface area contributed by atoms with Crippen LogP contribution in [0, 0.1) is 0 Å². The summed E-state index contributed by atoms with van der Waals surface area (Å²) in [4.78, 5) is 31.1. The Morgan fingerprint density at radius 3 is 2.07 bits per heavy atom. The molecular formula is C34H38N4O4. The number of aromatic nitrogens is 2. The van der Waals surface area contributed by atoms with Crippen LogP contribution in [0.15, 0.2) is 91.0 Å². The molecule has 2 amide bonds. The standard InChI is InChI=1S/C34H38N4O4/c1-34(2,3)42-33(41)36-19-20-37(28(24-36)23-25-13-7-4-8-14-25)32(40)30-29(26-15-9-5-10-16-26)31(38(35-30)21-22-39)27-17-11-6-12-18-27/h4-18,28,39H,19-24H2,1-3H3/t28-/m1/s1. The van der Waals surface area contributed by atoms with Gasteiger partial charge in [0.2, 0.25) is 0 Å². The van der Waals surface area contributed by atoms with Gasteiger partial charge in [-0.2, -0.15) is 5.10 Å². The number of amides is 2. The maximum Gasteiger partial charge on any atom is 0.410 e. The highest BCUT2D eigenvalue weighted by Gasteiger charge is 2.37. The summed E-state index contributed by atoms with van der Waals surface area (Å²) in [6.07, 6.45) is 0.200. The highest BCUT2D eigenvalue weighted by Crippen LogP contribution is 2.36. The molecule has 1 aromatic heterocycles. The lowest BCUT2D eigenvalue weighted by Gasteiger charge is -2.41. The summed E-state index contributed by atoms with van der Waals surface area (Å²) in [5.74, 6) is -0.201. The van der Waals surface area contributed by atoms with E-state index in [2.05, 4.69) is 0 Å². The van der Waals surface area contributed by atoms with E-state index in [9.17, 15) is 14.7 Å². The molecule has 0 saturated carbocycles. The molecule has 1 atom stereocenters. The number of hydrogen-bond acceptors (Lipinski definition) is 5. The molecule has 3 aromatic carbocycles. The second-order valence-electron chi connectivity index (χ2n) is 11.5. The van der Waals surface area contributed by atoms with Gasteiger partial charge in [0.05, 0.1) is 24.9 Å². The fourth-order valence-corrected chi connectivity index (χ4v) is 5.45.